The van der Waals surface area contributed by atoms with Crippen molar-refractivity contribution < 1.29 is 8.42 Å². The van der Waals surface area contributed by atoms with Crippen LogP contribution in [0, 0.1) is 5.92 Å². The molecule has 0 spiro atoms. The van der Waals surface area contributed by atoms with Gasteiger partial charge in [0.15, 0.2) is 0 Å². The third kappa shape index (κ3) is 2.85. The number of rotatable bonds is 4. The van der Waals surface area contributed by atoms with Gasteiger partial charge in [0.2, 0.25) is 10.0 Å². The van der Waals surface area contributed by atoms with Crippen LogP contribution < -0.4 is 5.73 Å². The Hall–Kier alpha value is -0.850. The van der Waals surface area contributed by atoms with Gasteiger partial charge in [-0.3, -0.25) is 0 Å². The predicted molar refractivity (Wildman–Crippen MR) is 75.2 cm³/mol. The van der Waals surface area contributed by atoms with Gasteiger partial charge in [-0.2, -0.15) is 4.31 Å². The van der Waals surface area contributed by atoms with Gasteiger partial charge < -0.3 is 10.3 Å². The van der Waals surface area contributed by atoms with E-state index in [9.17, 15) is 8.42 Å². The lowest BCUT2D eigenvalue weighted by Crippen LogP contribution is -2.45. The summed E-state index contributed by atoms with van der Waals surface area (Å²) in [5, 5.41) is 0. The highest BCUT2D eigenvalue weighted by Crippen LogP contribution is 2.30. The molecular weight excluding hydrogens is 262 g/mol. The second kappa shape index (κ2) is 5.64. The van der Waals surface area contributed by atoms with E-state index in [0.717, 1.165) is 25.7 Å². The number of nitrogens with two attached hydrogens (primary N) is 1. The number of hydrogen-bond acceptors (Lipinski definition) is 3. The van der Waals surface area contributed by atoms with Crippen molar-refractivity contribution in [1.29, 1.82) is 0 Å². The first kappa shape index (κ1) is 14.6. The molecule has 2 N–H and O–H groups in total. The van der Waals surface area contributed by atoms with Crippen molar-refractivity contribution in [1.82, 2.24) is 8.87 Å². The van der Waals surface area contributed by atoms with E-state index in [-0.39, 0.29) is 12.0 Å². The van der Waals surface area contributed by atoms with Crippen molar-refractivity contribution in [3.8, 4) is 0 Å². The molecule has 0 aromatic carbocycles. The molecule has 108 valence electrons. The first-order chi connectivity index (χ1) is 8.96. The Balaban J connectivity index is 2.24. The van der Waals surface area contributed by atoms with Crippen LogP contribution in [-0.4, -0.2) is 36.9 Å². The third-order valence-electron chi connectivity index (χ3n) is 4.12. The molecular formula is C13H23N3O2S. The van der Waals surface area contributed by atoms with E-state index < -0.39 is 10.0 Å². The van der Waals surface area contributed by atoms with Gasteiger partial charge in [0.25, 0.3) is 0 Å². The second-order valence-electron chi connectivity index (χ2n) is 5.38. The molecule has 2 rings (SSSR count). The van der Waals surface area contributed by atoms with E-state index in [0.29, 0.717) is 11.4 Å². The Morgan fingerprint density at radius 3 is 2.68 bits per heavy atom. The van der Waals surface area contributed by atoms with Gasteiger partial charge in [-0.05, 0) is 31.4 Å². The third-order valence-corrected chi connectivity index (χ3v) is 5.99. The van der Waals surface area contributed by atoms with Crippen LogP contribution in [0.1, 0.15) is 25.7 Å². The van der Waals surface area contributed by atoms with E-state index in [4.69, 9.17) is 5.73 Å². The number of aryl methyl sites for hydroxylation is 1. The summed E-state index contributed by atoms with van der Waals surface area (Å²) in [6, 6.07) is 1.68. The topological polar surface area (TPSA) is 68.3 Å². The molecule has 1 aliphatic carbocycles. The van der Waals surface area contributed by atoms with Crippen molar-refractivity contribution in [2.45, 2.75) is 36.6 Å². The van der Waals surface area contributed by atoms with Gasteiger partial charge in [0.05, 0.1) is 4.90 Å². The fraction of sp³-hybridized carbons (Fsp3) is 0.692. The van der Waals surface area contributed by atoms with Crippen molar-refractivity contribution >= 4 is 10.0 Å². The highest BCUT2D eigenvalue weighted by molar-refractivity contribution is 7.89. The highest BCUT2D eigenvalue weighted by Gasteiger charge is 2.34. The maximum atomic E-state index is 12.6. The Morgan fingerprint density at radius 1 is 1.42 bits per heavy atom. The average Bonchev–Trinajstić information content (AvgIpc) is 2.85. The lowest BCUT2D eigenvalue weighted by atomic mass is 9.85. The molecule has 0 radical (unpaired) electrons. The van der Waals surface area contributed by atoms with E-state index in [2.05, 4.69) is 0 Å². The van der Waals surface area contributed by atoms with Crippen molar-refractivity contribution in [3.05, 3.63) is 18.5 Å². The largest absolute Gasteiger partial charge is 0.356 e. The van der Waals surface area contributed by atoms with Gasteiger partial charge >= 0.3 is 0 Å². The van der Waals surface area contributed by atoms with Crippen LogP contribution >= 0.6 is 0 Å². The van der Waals surface area contributed by atoms with Gasteiger partial charge in [0.1, 0.15) is 0 Å². The van der Waals surface area contributed by atoms with Crippen LogP contribution in [0.2, 0.25) is 0 Å². The van der Waals surface area contributed by atoms with Crippen LogP contribution in [0.5, 0.6) is 0 Å². The minimum absolute atomic E-state index is 0.0314. The summed E-state index contributed by atoms with van der Waals surface area (Å²) < 4.78 is 28.4. The number of hydrogen-bond donors (Lipinski definition) is 1. The summed E-state index contributed by atoms with van der Waals surface area (Å²) in [4.78, 5) is 0.360. The Morgan fingerprint density at radius 2 is 2.11 bits per heavy atom. The van der Waals surface area contributed by atoms with Crippen molar-refractivity contribution in [2.24, 2.45) is 18.7 Å². The number of aromatic nitrogens is 1. The maximum absolute atomic E-state index is 12.6. The fourth-order valence-corrected chi connectivity index (χ4v) is 4.42. The van der Waals surface area contributed by atoms with Crippen molar-refractivity contribution in [3.63, 3.8) is 0 Å². The van der Waals surface area contributed by atoms with Crippen LogP contribution in [-0.2, 0) is 17.1 Å². The minimum Gasteiger partial charge on any atom is -0.356 e. The molecule has 1 aliphatic rings. The first-order valence-electron chi connectivity index (χ1n) is 6.77. The normalized spacial score (nSPS) is 24.8. The van der Waals surface area contributed by atoms with E-state index >= 15 is 0 Å². The lowest BCUT2D eigenvalue weighted by Gasteiger charge is -2.36. The zero-order valence-corrected chi connectivity index (χ0v) is 12.4. The summed E-state index contributed by atoms with van der Waals surface area (Å²) in [6.45, 7) is 0.555. The molecule has 1 aromatic heterocycles. The molecule has 2 unspecified atom stereocenters. The average molecular weight is 285 g/mol. The molecule has 6 heteroatoms. The summed E-state index contributed by atoms with van der Waals surface area (Å²) in [7, 11) is 0.0994. The van der Waals surface area contributed by atoms with Crippen LogP contribution in [0.25, 0.3) is 0 Å². The molecule has 19 heavy (non-hydrogen) atoms. The highest BCUT2D eigenvalue weighted by atomic mass is 32.2. The molecule has 1 saturated carbocycles. The molecule has 0 saturated heterocycles. The second-order valence-corrected chi connectivity index (χ2v) is 7.38. The molecule has 2 atom stereocenters. The molecule has 0 bridgehead atoms. The fourth-order valence-electron chi connectivity index (χ4n) is 2.92. The summed E-state index contributed by atoms with van der Waals surface area (Å²) >= 11 is 0. The summed E-state index contributed by atoms with van der Waals surface area (Å²) in [6.07, 6.45) is 7.56. The minimum atomic E-state index is -3.40. The zero-order valence-electron chi connectivity index (χ0n) is 11.6. The van der Waals surface area contributed by atoms with Gasteiger partial charge in [0, 0.05) is 32.5 Å². The molecule has 5 nitrogen and oxygen atoms in total. The Bertz CT molecular complexity index is 524. The van der Waals surface area contributed by atoms with Crippen molar-refractivity contribution in [2.75, 3.05) is 13.6 Å². The molecule has 0 aliphatic heterocycles. The standard InChI is InChI=1S/C13H23N3O2S/c1-15-8-7-12(10-15)19(17,18)16(2)13-6-4-3-5-11(13)9-14/h7-8,10-11,13H,3-6,9,14H2,1-2H3. The first-order valence-corrected chi connectivity index (χ1v) is 8.21. The Labute approximate surface area is 115 Å². The molecule has 1 aromatic rings. The molecule has 0 amide bonds. The van der Waals surface area contributed by atoms with Gasteiger partial charge in [-0.25, -0.2) is 8.42 Å². The van der Waals surface area contributed by atoms with Crippen LogP contribution in [0.4, 0.5) is 0 Å². The zero-order chi connectivity index (χ0) is 14.0. The van der Waals surface area contributed by atoms with Gasteiger partial charge in [-0.1, -0.05) is 12.8 Å². The van der Waals surface area contributed by atoms with Crippen LogP contribution in [0.15, 0.2) is 23.4 Å². The summed E-state index contributed by atoms with van der Waals surface area (Å²) in [5.74, 6) is 0.275. The monoisotopic (exact) mass is 285 g/mol. The number of sulfonamides is 1. The molecule has 1 heterocycles. The van der Waals surface area contributed by atoms with Gasteiger partial charge in [-0.15, -0.1) is 0 Å². The number of nitrogens with zero attached hydrogens (tertiary/aromatic N) is 2. The van der Waals surface area contributed by atoms with E-state index in [1.807, 2.05) is 7.05 Å². The van der Waals surface area contributed by atoms with Crippen LogP contribution in [0.3, 0.4) is 0 Å². The van der Waals surface area contributed by atoms with E-state index in [1.54, 1.807) is 30.1 Å². The predicted octanol–water partition coefficient (Wildman–Crippen LogP) is 1.16. The molecule has 1 fully saturated rings. The lowest BCUT2D eigenvalue weighted by molar-refractivity contribution is 0.204. The maximum Gasteiger partial charge on any atom is 0.244 e. The smallest absolute Gasteiger partial charge is 0.244 e. The van der Waals surface area contributed by atoms with E-state index in [1.165, 1.54) is 4.31 Å². The quantitative estimate of drug-likeness (QED) is 0.902. The Kier molecular flexibility index (Phi) is 4.32. The summed E-state index contributed by atoms with van der Waals surface area (Å²) in [5.41, 5.74) is 5.79. The SMILES string of the molecule is CN(C1CCCCC1CN)S(=O)(=O)c1ccn(C)c1.